The lowest BCUT2D eigenvalue weighted by molar-refractivity contribution is 0.0455. The van der Waals surface area contributed by atoms with Crippen molar-refractivity contribution < 1.29 is 19.1 Å². The average Bonchev–Trinajstić information content (AvgIpc) is 2.53. The van der Waals surface area contributed by atoms with Gasteiger partial charge >= 0.3 is 12.2 Å². The number of hydrogen-bond donors (Lipinski definition) is 2. The van der Waals surface area contributed by atoms with Crippen LogP contribution in [0.15, 0.2) is 30.3 Å². The quantitative estimate of drug-likeness (QED) is 0.873. The van der Waals surface area contributed by atoms with Crippen molar-refractivity contribution in [3.63, 3.8) is 0 Å². The standard InChI is InChI=1S/C18H27N3O4/c1-18(2,3)25-16(22)20-15-9-10-21(11-14(15)19)17(23)24-12-13-7-5-4-6-8-13/h4-8,14-15H,9-12,19H2,1-3H3,(H,20,22)/t14-,15-/m0/s1. The number of nitrogens with one attached hydrogen (secondary N) is 1. The topological polar surface area (TPSA) is 93.9 Å². The lowest BCUT2D eigenvalue weighted by Gasteiger charge is -2.36. The number of rotatable bonds is 3. The minimum absolute atomic E-state index is 0.227. The summed E-state index contributed by atoms with van der Waals surface area (Å²) in [6.45, 7) is 6.44. The molecule has 0 aliphatic carbocycles. The minimum atomic E-state index is -0.559. The molecule has 0 unspecified atom stereocenters. The van der Waals surface area contributed by atoms with E-state index in [1.165, 1.54) is 0 Å². The van der Waals surface area contributed by atoms with Gasteiger partial charge in [-0.2, -0.15) is 0 Å². The number of alkyl carbamates (subject to hydrolysis) is 1. The van der Waals surface area contributed by atoms with Crippen molar-refractivity contribution in [2.75, 3.05) is 13.1 Å². The Balaban J connectivity index is 1.78. The van der Waals surface area contributed by atoms with Gasteiger partial charge in [0.25, 0.3) is 0 Å². The van der Waals surface area contributed by atoms with Crippen LogP contribution in [-0.2, 0) is 16.1 Å². The van der Waals surface area contributed by atoms with E-state index in [9.17, 15) is 9.59 Å². The van der Waals surface area contributed by atoms with Crippen LogP contribution in [0.1, 0.15) is 32.8 Å². The maximum Gasteiger partial charge on any atom is 0.410 e. The molecule has 2 amide bonds. The maximum absolute atomic E-state index is 12.2. The Hall–Kier alpha value is -2.28. The molecule has 2 atom stereocenters. The number of carbonyl (C=O) groups excluding carboxylic acids is 2. The van der Waals surface area contributed by atoms with Gasteiger partial charge in [-0.1, -0.05) is 30.3 Å². The molecule has 1 heterocycles. The van der Waals surface area contributed by atoms with E-state index >= 15 is 0 Å². The fourth-order valence-corrected chi connectivity index (χ4v) is 2.60. The van der Waals surface area contributed by atoms with Gasteiger partial charge in [-0.3, -0.25) is 0 Å². The second kappa shape index (κ2) is 8.20. The van der Waals surface area contributed by atoms with Crippen molar-refractivity contribution in [2.24, 2.45) is 5.73 Å². The Morgan fingerprint density at radius 1 is 1.28 bits per heavy atom. The zero-order valence-corrected chi connectivity index (χ0v) is 15.0. The second-order valence-corrected chi connectivity index (χ2v) is 7.19. The minimum Gasteiger partial charge on any atom is -0.445 e. The highest BCUT2D eigenvalue weighted by atomic mass is 16.6. The van der Waals surface area contributed by atoms with Gasteiger partial charge in [0.15, 0.2) is 0 Å². The van der Waals surface area contributed by atoms with E-state index in [1.807, 2.05) is 30.3 Å². The first-order chi connectivity index (χ1) is 11.7. The van der Waals surface area contributed by atoms with Crippen LogP contribution < -0.4 is 11.1 Å². The van der Waals surface area contributed by atoms with Gasteiger partial charge in [0.05, 0.1) is 6.04 Å². The average molecular weight is 349 g/mol. The van der Waals surface area contributed by atoms with Gasteiger partial charge in [0.2, 0.25) is 0 Å². The van der Waals surface area contributed by atoms with Gasteiger partial charge in [-0.15, -0.1) is 0 Å². The molecule has 7 heteroatoms. The summed E-state index contributed by atoms with van der Waals surface area (Å²) in [4.78, 5) is 25.6. The number of nitrogens with zero attached hydrogens (tertiary/aromatic N) is 1. The van der Waals surface area contributed by atoms with E-state index < -0.39 is 17.8 Å². The Morgan fingerprint density at radius 3 is 2.56 bits per heavy atom. The molecule has 1 aliphatic heterocycles. The predicted octanol–water partition coefficient (Wildman–Crippen LogP) is 2.25. The van der Waals surface area contributed by atoms with Crippen molar-refractivity contribution in [2.45, 2.75) is 51.5 Å². The molecule has 7 nitrogen and oxygen atoms in total. The molecule has 0 spiro atoms. The smallest absolute Gasteiger partial charge is 0.410 e. The molecule has 1 fully saturated rings. The van der Waals surface area contributed by atoms with Gasteiger partial charge in [0, 0.05) is 19.1 Å². The highest BCUT2D eigenvalue weighted by Gasteiger charge is 2.31. The summed E-state index contributed by atoms with van der Waals surface area (Å²) in [6, 6.07) is 8.90. The summed E-state index contributed by atoms with van der Waals surface area (Å²) in [7, 11) is 0. The first-order valence-corrected chi connectivity index (χ1v) is 8.45. The van der Waals surface area contributed by atoms with Crippen LogP contribution >= 0.6 is 0 Å². The Morgan fingerprint density at radius 2 is 1.96 bits per heavy atom. The van der Waals surface area contributed by atoms with Gasteiger partial charge in [0.1, 0.15) is 12.2 Å². The lowest BCUT2D eigenvalue weighted by Crippen LogP contribution is -2.59. The van der Waals surface area contributed by atoms with Crippen LogP contribution in [-0.4, -0.2) is 47.9 Å². The summed E-state index contributed by atoms with van der Waals surface area (Å²) in [6.07, 6.45) is -0.330. The SMILES string of the molecule is CC(C)(C)OC(=O)N[C@H]1CCN(C(=O)OCc2ccccc2)C[C@@H]1N. The van der Waals surface area contributed by atoms with Crippen molar-refractivity contribution in [3.05, 3.63) is 35.9 Å². The number of nitrogens with two attached hydrogens (primary N) is 1. The van der Waals surface area contributed by atoms with Crippen molar-refractivity contribution in [3.8, 4) is 0 Å². The largest absolute Gasteiger partial charge is 0.445 e. The molecule has 25 heavy (non-hydrogen) atoms. The number of carbonyl (C=O) groups is 2. The Bertz CT molecular complexity index is 586. The van der Waals surface area contributed by atoms with E-state index in [-0.39, 0.29) is 18.7 Å². The highest BCUT2D eigenvalue weighted by molar-refractivity contribution is 5.69. The van der Waals surface area contributed by atoms with E-state index in [2.05, 4.69) is 5.32 Å². The highest BCUT2D eigenvalue weighted by Crippen LogP contribution is 2.14. The zero-order chi connectivity index (χ0) is 18.4. The number of likely N-dealkylation sites (tertiary alicyclic amines) is 1. The van der Waals surface area contributed by atoms with Crippen molar-refractivity contribution in [1.82, 2.24) is 10.2 Å². The molecular weight excluding hydrogens is 322 g/mol. The summed E-state index contributed by atoms with van der Waals surface area (Å²) in [5.74, 6) is 0. The normalized spacial score (nSPS) is 20.7. The third-order valence-electron chi connectivity index (χ3n) is 3.82. The fraction of sp³-hybridized carbons (Fsp3) is 0.556. The molecule has 3 N–H and O–H groups in total. The van der Waals surface area contributed by atoms with Crippen LogP contribution in [0.3, 0.4) is 0 Å². The zero-order valence-electron chi connectivity index (χ0n) is 15.0. The predicted molar refractivity (Wildman–Crippen MR) is 94.0 cm³/mol. The molecule has 0 aromatic heterocycles. The lowest BCUT2D eigenvalue weighted by atomic mass is 10.0. The van der Waals surface area contributed by atoms with Gasteiger partial charge in [-0.05, 0) is 32.8 Å². The Labute approximate surface area is 148 Å². The van der Waals surface area contributed by atoms with Crippen LogP contribution in [0.2, 0.25) is 0 Å². The first-order valence-electron chi connectivity index (χ1n) is 8.45. The number of ether oxygens (including phenoxy) is 2. The second-order valence-electron chi connectivity index (χ2n) is 7.19. The van der Waals surface area contributed by atoms with Crippen molar-refractivity contribution in [1.29, 1.82) is 0 Å². The molecule has 1 aromatic carbocycles. The molecule has 2 rings (SSSR count). The number of amides is 2. The Kier molecular flexibility index (Phi) is 6.25. The number of piperidine rings is 1. The molecular formula is C18H27N3O4. The molecule has 1 aliphatic rings. The monoisotopic (exact) mass is 349 g/mol. The number of hydrogen-bond acceptors (Lipinski definition) is 5. The van der Waals surface area contributed by atoms with Gasteiger partial charge < -0.3 is 25.4 Å². The molecule has 1 saturated heterocycles. The van der Waals surface area contributed by atoms with E-state index in [4.69, 9.17) is 15.2 Å². The molecule has 1 aromatic rings. The summed E-state index contributed by atoms with van der Waals surface area (Å²) in [5.41, 5.74) is 6.48. The van der Waals surface area contributed by atoms with Crippen LogP contribution in [0.4, 0.5) is 9.59 Å². The van der Waals surface area contributed by atoms with Crippen LogP contribution in [0.25, 0.3) is 0 Å². The fourth-order valence-electron chi connectivity index (χ4n) is 2.60. The number of benzene rings is 1. The third kappa shape index (κ3) is 6.26. The van der Waals surface area contributed by atoms with Crippen LogP contribution in [0, 0.1) is 0 Å². The van der Waals surface area contributed by atoms with Gasteiger partial charge in [-0.25, -0.2) is 9.59 Å². The summed E-state index contributed by atoms with van der Waals surface area (Å²) >= 11 is 0. The van der Waals surface area contributed by atoms with E-state index in [0.29, 0.717) is 19.5 Å². The van der Waals surface area contributed by atoms with Crippen molar-refractivity contribution >= 4 is 12.2 Å². The molecule has 0 saturated carbocycles. The van der Waals surface area contributed by atoms with E-state index in [0.717, 1.165) is 5.56 Å². The third-order valence-corrected chi connectivity index (χ3v) is 3.82. The first kappa shape index (κ1) is 19.1. The summed E-state index contributed by atoms with van der Waals surface area (Å²) < 4.78 is 10.6. The maximum atomic E-state index is 12.2. The van der Waals surface area contributed by atoms with Crippen LogP contribution in [0.5, 0.6) is 0 Å². The molecule has 0 radical (unpaired) electrons. The summed E-state index contributed by atoms with van der Waals surface area (Å²) in [5, 5.41) is 2.78. The van der Waals surface area contributed by atoms with E-state index in [1.54, 1.807) is 25.7 Å². The molecule has 0 bridgehead atoms. The molecule has 138 valence electrons.